The Hall–Kier alpha value is -2.11. The number of ether oxygens (including phenoxy) is 1. The fraction of sp³-hybridized carbons (Fsp3) is 0.417. The van der Waals surface area contributed by atoms with Crippen LogP contribution in [0.15, 0.2) is 27.6 Å². The van der Waals surface area contributed by atoms with Gasteiger partial charge in [-0.2, -0.15) is 0 Å². The number of hydrogen-bond donors (Lipinski definition) is 0. The van der Waals surface area contributed by atoms with Crippen LogP contribution in [0, 0.1) is 5.92 Å². The van der Waals surface area contributed by atoms with Crippen LogP contribution in [0.4, 0.5) is 0 Å². The van der Waals surface area contributed by atoms with Crippen molar-refractivity contribution in [1.82, 2.24) is 4.90 Å². The monoisotopic (exact) mass is 253 g/mol. The molecule has 0 fully saturated rings. The number of carbonyl (C=O) groups is 2. The fourth-order valence-corrected chi connectivity index (χ4v) is 1.47. The molecule has 0 saturated heterocycles. The number of nitrogens with zero attached hydrogens (tertiary/aromatic N) is 1. The van der Waals surface area contributed by atoms with E-state index < -0.39 is 11.5 Å². The summed E-state index contributed by atoms with van der Waals surface area (Å²) in [5.74, 6) is -1.12. The molecule has 0 N–H and O–H groups in total. The summed E-state index contributed by atoms with van der Waals surface area (Å²) in [7, 11) is 2.86. The predicted molar refractivity (Wildman–Crippen MR) is 63.1 cm³/mol. The molecule has 0 radical (unpaired) electrons. The Morgan fingerprint density at radius 1 is 1.44 bits per heavy atom. The minimum Gasteiger partial charge on any atom is -0.469 e. The molecule has 1 heterocycles. The quantitative estimate of drug-likeness (QED) is 0.731. The Morgan fingerprint density at radius 2 is 2.11 bits per heavy atom. The van der Waals surface area contributed by atoms with Crippen molar-refractivity contribution in [3.05, 3.63) is 34.4 Å². The van der Waals surface area contributed by atoms with Crippen LogP contribution in [-0.2, 0) is 9.53 Å². The maximum absolute atomic E-state index is 11.9. The lowest BCUT2D eigenvalue weighted by Gasteiger charge is -2.19. The second-order valence-electron chi connectivity index (χ2n) is 3.95. The second-order valence-corrected chi connectivity index (χ2v) is 3.95. The van der Waals surface area contributed by atoms with Gasteiger partial charge in [0.2, 0.25) is 0 Å². The molecule has 0 aliphatic rings. The van der Waals surface area contributed by atoms with E-state index >= 15 is 0 Å². The van der Waals surface area contributed by atoms with Crippen molar-refractivity contribution >= 4 is 11.9 Å². The van der Waals surface area contributed by atoms with E-state index in [1.165, 1.54) is 24.1 Å². The van der Waals surface area contributed by atoms with Gasteiger partial charge in [0, 0.05) is 19.7 Å². The van der Waals surface area contributed by atoms with Crippen molar-refractivity contribution in [3.8, 4) is 0 Å². The summed E-state index contributed by atoms with van der Waals surface area (Å²) in [5.41, 5.74) is -0.258. The lowest BCUT2D eigenvalue weighted by molar-refractivity contribution is -0.145. The minimum absolute atomic E-state index is 0.227. The number of amides is 1. The summed E-state index contributed by atoms with van der Waals surface area (Å²) in [5, 5.41) is 0. The Kier molecular flexibility index (Phi) is 4.65. The Labute approximate surface area is 104 Å². The van der Waals surface area contributed by atoms with Gasteiger partial charge in [0.05, 0.1) is 18.6 Å². The molecule has 0 saturated carbocycles. The molecule has 98 valence electrons. The van der Waals surface area contributed by atoms with Gasteiger partial charge in [-0.1, -0.05) is 6.92 Å². The number of hydrogen-bond acceptors (Lipinski definition) is 5. The molecule has 18 heavy (non-hydrogen) atoms. The zero-order chi connectivity index (χ0) is 13.7. The molecule has 0 aliphatic carbocycles. The summed E-state index contributed by atoms with van der Waals surface area (Å²) < 4.78 is 9.19. The van der Waals surface area contributed by atoms with Crippen molar-refractivity contribution < 1.29 is 18.7 Å². The summed E-state index contributed by atoms with van der Waals surface area (Å²) in [6.45, 7) is 1.89. The Morgan fingerprint density at radius 3 is 2.61 bits per heavy atom. The summed E-state index contributed by atoms with van der Waals surface area (Å²) >= 11 is 0. The van der Waals surface area contributed by atoms with E-state index in [2.05, 4.69) is 9.15 Å². The minimum atomic E-state index is -0.517. The molecule has 1 amide bonds. The van der Waals surface area contributed by atoms with Crippen molar-refractivity contribution in [2.45, 2.75) is 6.92 Å². The summed E-state index contributed by atoms with van der Waals surface area (Å²) in [6.07, 6.45) is 1.10. The molecular formula is C12H15NO5. The van der Waals surface area contributed by atoms with Gasteiger partial charge in [0.1, 0.15) is 6.26 Å². The molecule has 1 unspecified atom stereocenters. The first-order chi connectivity index (χ1) is 8.45. The first kappa shape index (κ1) is 14.0. The molecule has 0 aliphatic heterocycles. The van der Waals surface area contributed by atoms with Gasteiger partial charge >= 0.3 is 11.6 Å². The Bertz CT molecular complexity index is 473. The standard InChI is InChI=1S/C12H15NO5/c1-8(12(16)17-3)6-13(2)11(15)9-4-5-10(14)18-7-9/h4-5,7-8H,6H2,1-3H3. The van der Waals surface area contributed by atoms with Crippen molar-refractivity contribution in [3.63, 3.8) is 0 Å². The molecule has 1 atom stereocenters. The van der Waals surface area contributed by atoms with Crippen LogP contribution in [0.3, 0.4) is 0 Å². The molecule has 1 aromatic heterocycles. The van der Waals surface area contributed by atoms with Crippen molar-refractivity contribution in [2.75, 3.05) is 20.7 Å². The van der Waals surface area contributed by atoms with Gasteiger partial charge in [0.25, 0.3) is 5.91 Å². The van der Waals surface area contributed by atoms with Crippen molar-refractivity contribution in [2.24, 2.45) is 5.92 Å². The second kappa shape index (κ2) is 6.00. The molecule has 0 spiro atoms. The molecule has 0 aromatic carbocycles. The number of rotatable bonds is 4. The first-order valence-electron chi connectivity index (χ1n) is 5.38. The topological polar surface area (TPSA) is 76.8 Å². The van der Waals surface area contributed by atoms with E-state index in [1.807, 2.05) is 0 Å². The normalized spacial score (nSPS) is 11.7. The predicted octanol–water partition coefficient (Wildman–Crippen LogP) is 0.521. The highest BCUT2D eigenvalue weighted by Gasteiger charge is 2.19. The summed E-state index contributed by atoms with van der Waals surface area (Å²) in [4.78, 5) is 35.3. The molecule has 6 nitrogen and oxygen atoms in total. The molecule has 0 bridgehead atoms. The van der Waals surface area contributed by atoms with E-state index in [0.29, 0.717) is 0 Å². The average Bonchev–Trinajstić information content (AvgIpc) is 2.37. The highest BCUT2D eigenvalue weighted by molar-refractivity contribution is 5.93. The lowest BCUT2D eigenvalue weighted by Crippen LogP contribution is -2.34. The maximum atomic E-state index is 11.9. The average molecular weight is 253 g/mol. The zero-order valence-corrected chi connectivity index (χ0v) is 10.5. The number of methoxy groups -OCH3 is 1. The van der Waals surface area contributed by atoms with E-state index in [0.717, 1.165) is 6.26 Å². The third-order valence-electron chi connectivity index (χ3n) is 2.45. The van der Waals surface area contributed by atoms with Crippen LogP contribution in [0.1, 0.15) is 17.3 Å². The molecule has 1 rings (SSSR count). The molecular weight excluding hydrogens is 238 g/mol. The van der Waals surface area contributed by atoms with Crippen LogP contribution in [0.2, 0.25) is 0 Å². The Balaban J connectivity index is 2.69. The van der Waals surface area contributed by atoms with Crippen LogP contribution in [0.5, 0.6) is 0 Å². The van der Waals surface area contributed by atoms with Crippen LogP contribution < -0.4 is 5.63 Å². The van der Waals surface area contributed by atoms with Gasteiger partial charge in [0.15, 0.2) is 0 Å². The van der Waals surface area contributed by atoms with E-state index in [1.54, 1.807) is 14.0 Å². The van der Waals surface area contributed by atoms with E-state index in [-0.39, 0.29) is 24.0 Å². The van der Waals surface area contributed by atoms with E-state index in [4.69, 9.17) is 0 Å². The highest BCUT2D eigenvalue weighted by atomic mass is 16.5. The van der Waals surface area contributed by atoms with Crippen LogP contribution in [0.25, 0.3) is 0 Å². The SMILES string of the molecule is COC(=O)C(C)CN(C)C(=O)c1ccc(=O)oc1. The fourth-order valence-electron chi connectivity index (χ4n) is 1.47. The summed E-state index contributed by atoms with van der Waals surface area (Å²) in [6, 6.07) is 2.55. The van der Waals surface area contributed by atoms with Crippen molar-refractivity contribution in [1.29, 1.82) is 0 Å². The van der Waals surface area contributed by atoms with E-state index in [9.17, 15) is 14.4 Å². The molecule has 1 aromatic rings. The first-order valence-corrected chi connectivity index (χ1v) is 5.38. The lowest BCUT2D eigenvalue weighted by atomic mass is 10.1. The molecule has 6 heteroatoms. The zero-order valence-electron chi connectivity index (χ0n) is 10.5. The van der Waals surface area contributed by atoms with Gasteiger partial charge in [-0.3, -0.25) is 9.59 Å². The van der Waals surface area contributed by atoms with Gasteiger partial charge in [-0.25, -0.2) is 4.79 Å². The van der Waals surface area contributed by atoms with Crippen LogP contribution >= 0.6 is 0 Å². The van der Waals surface area contributed by atoms with Crippen LogP contribution in [-0.4, -0.2) is 37.5 Å². The largest absolute Gasteiger partial charge is 0.469 e. The van der Waals surface area contributed by atoms with Gasteiger partial charge in [-0.05, 0) is 6.07 Å². The smallest absolute Gasteiger partial charge is 0.335 e. The third-order valence-corrected chi connectivity index (χ3v) is 2.45. The maximum Gasteiger partial charge on any atom is 0.335 e. The van der Waals surface area contributed by atoms with Gasteiger partial charge < -0.3 is 14.1 Å². The van der Waals surface area contributed by atoms with Gasteiger partial charge in [-0.15, -0.1) is 0 Å². The highest BCUT2D eigenvalue weighted by Crippen LogP contribution is 2.05. The number of esters is 1. The third kappa shape index (κ3) is 3.44. The number of carbonyl (C=O) groups excluding carboxylic acids is 2.